The number of carbonyl (C=O) groups excluding carboxylic acids is 3. The van der Waals surface area contributed by atoms with E-state index in [2.05, 4.69) is 5.32 Å². The van der Waals surface area contributed by atoms with Gasteiger partial charge in [-0.05, 0) is 35.6 Å². The lowest BCUT2D eigenvalue weighted by molar-refractivity contribution is -0.144. The van der Waals surface area contributed by atoms with Crippen LogP contribution in [0, 0.1) is 0 Å². The molecule has 138 valence electrons. The first-order valence-corrected chi connectivity index (χ1v) is 9.25. The number of rotatable bonds is 9. The second-order valence-electron chi connectivity index (χ2n) is 5.54. The molecule has 0 aliphatic rings. The number of nitrogens with two attached hydrogens (primary N) is 1. The average molecular weight is 395 g/mol. The fourth-order valence-electron chi connectivity index (χ4n) is 2.32. The maximum absolute atomic E-state index is 12.0. The van der Waals surface area contributed by atoms with E-state index in [9.17, 15) is 14.4 Å². The second-order valence-corrected chi connectivity index (χ2v) is 6.93. The maximum atomic E-state index is 12.0. The molecule has 1 atom stereocenters. The van der Waals surface area contributed by atoms with E-state index in [1.165, 1.54) is 11.3 Å². The Kier molecular flexibility index (Phi) is 7.62. The smallest absolute Gasteiger partial charge is 0.312 e. The normalized spacial score (nSPS) is 11.6. The molecule has 2 amide bonds. The fourth-order valence-corrected chi connectivity index (χ4v) is 3.14. The number of thiophene rings is 1. The van der Waals surface area contributed by atoms with Crippen LogP contribution in [0.25, 0.3) is 0 Å². The summed E-state index contributed by atoms with van der Waals surface area (Å²) in [5.74, 6) is -0.451. The van der Waals surface area contributed by atoms with Crippen molar-refractivity contribution in [3.63, 3.8) is 0 Å². The average Bonchev–Trinajstić information content (AvgIpc) is 3.13. The molecule has 2 aromatic rings. The van der Waals surface area contributed by atoms with Gasteiger partial charge < -0.3 is 15.8 Å². The van der Waals surface area contributed by atoms with Gasteiger partial charge in [0, 0.05) is 11.4 Å². The summed E-state index contributed by atoms with van der Waals surface area (Å²) in [4.78, 5) is 35.8. The predicted molar refractivity (Wildman–Crippen MR) is 100 cm³/mol. The molecule has 1 aromatic heterocycles. The monoisotopic (exact) mass is 394 g/mol. The highest BCUT2D eigenvalue weighted by Crippen LogP contribution is 2.20. The molecule has 1 heterocycles. The summed E-state index contributed by atoms with van der Waals surface area (Å²) in [7, 11) is 0. The first kappa shape index (κ1) is 19.9. The minimum atomic E-state index is -0.737. The molecule has 6 nitrogen and oxygen atoms in total. The number of hydrogen-bond acceptors (Lipinski definition) is 5. The molecular weight excluding hydrogens is 376 g/mol. The van der Waals surface area contributed by atoms with Gasteiger partial charge in [0.25, 0.3) is 0 Å². The molecule has 0 saturated carbocycles. The number of primary amides is 1. The van der Waals surface area contributed by atoms with Crippen molar-refractivity contribution in [3.05, 3.63) is 57.2 Å². The van der Waals surface area contributed by atoms with E-state index in [0.717, 1.165) is 0 Å². The number of nitrogens with one attached hydrogen (secondary N) is 1. The van der Waals surface area contributed by atoms with Crippen molar-refractivity contribution in [1.82, 2.24) is 5.32 Å². The number of carbonyl (C=O) groups is 3. The van der Waals surface area contributed by atoms with Crippen LogP contribution < -0.4 is 11.1 Å². The van der Waals surface area contributed by atoms with Crippen molar-refractivity contribution in [2.45, 2.75) is 25.3 Å². The van der Waals surface area contributed by atoms with Gasteiger partial charge in [0.2, 0.25) is 0 Å². The maximum Gasteiger partial charge on any atom is 0.312 e. The molecule has 0 spiro atoms. The van der Waals surface area contributed by atoms with Gasteiger partial charge in [-0.15, -0.1) is 11.3 Å². The van der Waals surface area contributed by atoms with Crippen molar-refractivity contribution in [2.24, 2.45) is 5.73 Å². The summed E-state index contributed by atoms with van der Waals surface area (Å²) >= 11 is 7.23. The Hall–Kier alpha value is -2.38. The van der Waals surface area contributed by atoms with Crippen molar-refractivity contribution in [2.75, 3.05) is 6.61 Å². The molecule has 2 rings (SSSR count). The van der Waals surface area contributed by atoms with E-state index < -0.39 is 18.0 Å². The number of ketones is 1. The zero-order valence-corrected chi connectivity index (χ0v) is 15.5. The van der Waals surface area contributed by atoms with Crippen molar-refractivity contribution < 1.29 is 19.1 Å². The largest absolute Gasteiger partial charge is 0.466 e. The number of hydrogen-bond donors (Lipinski definition) is 2. The lowest BCUT2D eigenvalue weighted by Crippen LogP contribution is -2.34. The van der Waals surface area contributed by atoms with E-state index in [0.29, 0.717) is 28.3 Å². The number of benzene rings is 1. The number of Topliss-reactive ketones (excluding diaryl/α,β-unsaturated/α-hetero) is 1. The summed E-state index contributed by atoms with van der Waals surface area (Å²) in [6, 6.07) is 8.98. The molecule has 0 saturated heterocycles. The third kappa shape index (κ3) is 6.50. The van der Waals surface area contributed by atoms with Crippen LogP contribution in [0.1, 0.15) is 40.5 Å². The van der Waals surface area contributed by atoms with E-state index in [1.807, 2.05) is 11.4 Å². The van der Waals surface area contributed by atoms with Crippen LogP contribution in [0.5, 0.6) is 0 Å². The Morgan fingerprint density at radius 3 is 2.54 bits per heavy atom. The summed E-state index contributed by atoms with van der Waals surface area (Å²) in [5.41, 5.74) is 5.87. The standard InChI is InChI=1S/C18H19ClN2O4S/c19-13-7-5-12(6-8-13)14(21-18(20)24)11-17(23)25-9-1-3-15(22)16-4-2-10-26-16/h2,4-8,10,14H,1,3,9,11H2,(H3,20,21,24)/t14-/m1/s1. The first-order chi connectivity index (χ1) is 12.5. The summed E-state index contributed by atoms with van der Waals surface area (Å²) in [6.07, 6.45) is 0.689. The lowest BCUT2D eigenvalue weighted by atomic mass is 10.0. The van der Waals surface area contributed by atoms with Crippen LogP contribution in [-0.4, -0.2) is 24.4 Å². The molecule has 0 fully saturated rings. The third-order valence-electron chi connectivity index (χ3n) is 3.57. The van der Waals surface area contributed by atoms with Gasteiger partial charge in [-0.2, -0.15) is 0 Å². The Morgan fingerprint density at radius 2 is 1.92 bits per heavy atom. The van der Waals surface area contributed by atoms with Crippen molar-refractivity contribution in [3.8, 4) is 0 Å². The lowest BCUT2D eigenvalue weighted by Gasteiger charge is -2.17. The zero-order valence-electron chi connectivity index (χ0n) is 13.9. The number of ether oxygens (including phenoxy) is 1. The van der Waals surface area contributed by atoms with Crippen LogP contribution in [0.2, 0.25) is 5.02 Å². The second kappa shape index (κ2) is 9.94. The van der Waals surface area contributed by atoms with Crippen LogP contribution in [0.4, 0.5) is 4.79 Å². The molecule has 26 heavy (non-hydrogen) atoms. The number of halogens is 1. The van der Waals surface area contributed by atoms with E-state index >= 15 is 0 Å². The minimum Gasteiger partial charge on any atom is -0.466 e. The fraction of sp³-hybridized carbons (Fsp3) is 0.278. The Labute approximate surface area is 160 Å². The minimum absolute atomic E-state index is 0.0329. The summed E-state index contributed by atoms with van der Waals surface area (Å²) in [5, 5.41) is 4.90. The van der Waals surface area contributed by atoms with Gasteiger partial charge in [0.05, 0.1) is 23.9 Å². The van der Waals surface area contributed by atoms with Gasteiger partial charge in [0.15, 0.2) is 5.78 Å². The molecule has 8 heteroatoms. The SMILES string of the molecule is NC(=O)N[C@H](CC(=O)OCCCC(=O)c1cccs1)c1ccc(Cl)cc1. The zero-order chi connectivity index (χ0) is 18.9. The molecule has 3 N–H and O–H groups in total. The number of urea groups is 1. The topological polar surface area (TPSA) is 98.5 Å². The molecule has 0 radical (unpaired) electrons. The van der Waals surface area contributed by atoms with E-state index in [1.54, 1.807) is 30.3 Å². The summed E-state index contributed by atoms with van der Waals surface area (Å²) < 4.78 is 5.16. The van der Waals surface area contributed by atoms with Gasteiger partial charge in [-0.1, -0.05) is 29.8 Å². The van der Waals surface area contributed by atoms with Crippen LogP contribution in [0.3, 0.4) is 0 Å². The predicted octanol–water partition coefficient (Wildman–Crippen LogP) is 3.71. The van der Waals surface area contributed by atoms with Gasteiger partial charge in [-0.3, -0.25) is 9.59 Å². The highest BCUT2D eigenvalue weighted by molar-refractivity contribution is 7.12. The van der Waals surface area contributed by atoms with Crippen molar-refractivity contribution in [1.29, 1.82) is 0 Å². The quantitative estimate of drug-likeness (QED) is 0.384. The summed E-state index contributed by atoms with van der Waals surface area (Å²) in [6.45, 7) is 0.139. The van der Waals surface area contributed by atoms with Crippen LogP contribution >= 0.6 is 22.9 Å². The first-order valence-electron chi connectivity index (χ1n) is 7.99. The van der Waals surface area contributed by atoms with Gasteiger partial charge in [-0.25, -0.2) is 4.79 Å². The molecule has 0 aliphatic heterocycles. The van der Waals surface area contributed by atoms with Crippen LogP contribution in [-0.2, 0) is 9.53 Å². The molecular formula is C18H19ClN2O4S. The Bertz CT molecular complexity index is 747. The van der Waals surface area contributed by atoms with E-state index in [4.69, 9.17) is 22.1 Å². The van der Waals surface area contributed by atoms with E-state index in [-0.39, 0.29) is 18.8 Å². The Balaban J connectivity index is 1.80. The highest BCUT2D eigenvalue weighted by atomic mass is 35.5. The van der Waals surface area contributed by atoms with Crippen LogP contribution in [0.15, 0.2) is 41.8 Å². The highest BCUT2D eigenvalue weighted by Gasteiger charge is 2.18. The van der Waals surface area contributed by atoms with Gasteiger partial charge in [0.1, 0.15) is 0 Å². The van der Waals surface area contributed by atoms with Gasteiger partial charge >= 0.3 is 12.0 Å². The molecule has 0 bridgehead atoms. The molecule has 0 unspecified atom stereocenters. The Morgan fingerprint density at radius 1 is 1.19 bits per heavy atom. The number of esters is 1. The molecule has 1 aromatic carbocycles. The third-order valence-corrected chi connectivity index (χ3v) is 4.73. The number of amides is 2. The van der Waals surface area contributed by atoms with Crippen molar-refractivity contribution >= 4 is 40.7 Å². The molecule has 0 aliphatic carbocycles.